The molecule has 1 spiro atoms. The van der Waals surface area contributed by atoms with E-state index in [4.69, 9.17) is 11.1 Å². The van der Waals surface area contributed by atoms with Crippen molar-refractivity contribution in [1.29, 1.82) is 5.41 Å². The molecule has 0 saturated carbocycles. The molecule has 0 saturated heterocycles. The zero-order valence-electron chi connectivity index (χ0n) is 26.0. The third kappa shape index (κ3) is 4.53. The van der Waals surface area contributed by atoms with Gasteiger partial charge in [0.2, 0.25) is 0 Å². The van der Waals surface area contributed by atoms with E-state index in [-0.39, 0.29) is 5.41 Å². The molecule has 0 atom stereocenters. The number of aryl methyl sites for hydroxylation is 1. The van der Waals surface area contributed by atoms with Crippen LogP contribution in [-0.2, 0) is 11.8 Å². The van der Waals surface area contributed by atoms with Crippen molar-refractivity contribution in [2.24, 2.45) is 5.73 Å². The highest BCUT2D eigenvalue weighted by Crippen LogP contribution is 2.62. The number of nitrogens with one attached hydrogen (secondary N) is 1. The molecule has 0 heterocycles. The molecule has 7 aromatic carbocycles. The van der Waals surface area contributed by atoms with E-state index < -0.39 is 0 Å². The molecule has 46 heavy (non-hydrogen) atoms. The Balaban J connectivity index is 0.000000161. The SMILES string of the molecule is C=N.Cc1ccc2c(c1)C1(c3ccccc3-2)c2cccc3ccc4cccc1c4c23.N/C(=C\Cc1ccccc1)c1ccccc1. The summed E-state index contributed by atoms with van der Waals surface area (Å²) in [7, 11) is 0. The molecule has 2 heteroatoms. The maximum Gasteiger partial charge on any atom is 0.0726 e. The van der Waals surface area contributed by atoms with Gasteiger partial charge in [0.05, 0.1) is 5.41 Å². The van der Waals surface area contributed by atoms with E-state index in [0.717, 1.165) is 17.7 Å². The Morgan fingerprint density at radius 1 is 0.587 bits per heavy atom. The van der Waals surface area contributed by atoms with Gasteiger partial charge < -0.3 is 11.1 Å². The zero-order valence-corrected chi connectivity index (χ0v) is 26.0. The summed E-state index contributed by atoms with van der Waals surface area (Å²) in [5, 5.41) is 11.0. The fourth-order valence-corrected chi connectivity index (χ4v) is 7.49. The molecule has 0 bridgehead atoms. The lowest BCUT2D eigenvalue weighted by atomic mass is 9.70. The Bertz CT molecular complexity index is 2170. The van der Waals surface area contributed by atoms with Crippen molar-refractivity contribution in [3.05, 3.63) is 197 Å². The average molecular weight is 593 g/mol. The largest absolute Gasteiger partial charge is 0.398 e. The minimum atomic E-state index is -0.208. The lowest BCUT2D eigenvalue weighted by Gasteiger charge is -2.31. The second-order valence-corrected chi connectivity index (χ2v) is 11.9. The van der Waals surface area contributed by atoms with Crippen LogP contribution in [0.4, 0.5) is 0 Å². The summed E-state index contributed by atoms with van der Waals surface area (Å²) in [6, 6.07) is 54.6. The van der Waals surface area contributed by atoms with Gasteiger partial charge in [-0.15, -0.1) is 0 Å². The zero-order chi connectivity index (χ0) is 31.7. The van der Waals surface area contributed by atoms with Gasteiger partial charge in [-0.2, -0.15) is 0 Å². The molecular formula is C44H36N2. The quantitative estimate of drug-likeness (QED) is 0.156. The molecule has 2 aliphatic rings. The Kier molecular flexibility index (Phi) is 7.56. The Morgan fingerprint density at radius 2 is 1.13 bits per heavy atom. The predicted octanol–water partition coefficient (Wildman–Crippen LogP) is 10.5. The maximum absolute atomic E-state index is 6.00. The molecule has 0 aromatic heterocycles. The lowest BCUT2D eigenvalue weighted by molar-refractivity contribution is 0.796. The molecule has 3 N–H and O–H groups in total. The maximum atomic E-state index is 6.00. The van der Waals surface area contributed by atoms with Gasteiger partial charge in [0.1, 0.15) is 0 Å². The monoisotopic (exact) mass is 592 g/mol. The van der Waals surface area contributed by atoms with Crippen LogP contribution in [0.3, 0.4) is 0 Å². The van der Waals surface area contributed by atoms with Gasteiger partial charge in [-0.3, -0.25) is 0 Å². The van der Waals surface area contributed by atoms with Gasteiger partial charge in [0, 0.05) is 5.70 Å². The number of rotatable bonds is 3. The van der Waals surface area contributed by atoms with Gasteiger partial charge in [-0.25, -0.2) is 0 Å². The van der Waals surface area contributed by atoms with Crippen molar-refractivity contribution in [2.75, 3.05) is 0 Å². The summed E-state index contributed by atoms with van der Waals surface area (Å²) in [4.78, 5) is 0. The fourth-order valence-electron chi connectivity index (χ4n) is 7.49. The summed E-state index contributed by atoms with van der Waals surface area (Å²) >= 11 is 0. The predicted molar refractivity (Wildman–Crippen MR) is 196 cm³/mol. The highest BCUT2D eigenvalue weighted by atomic mass is 14.6. The first-order valence-electron chi connectivity index (χ1n) is 15.7. The van der Waals surface area contributed by atoms with Crippen LogP contribution in [0.5, 0.6) is 0 Å². The molecule has 0 amide bonds. The van der Waals surface area contributed by atoms with E-state index in [2.05, 4.69) is 123 Å². The van der Waals surface area contributed by atoms with Crippen LogP contribution >= 0.6 is 0 Å². The van der Waals surface area contributed by atoms with E-state index in [1.54, 1.807) is 0 Å². The summed E-state index contributed by atoms with van der Waals surface area (Å²) in [5.74, 6) is 0. The van der Waals surface area contributed by atoms with Crippen LogP contribution < -0.4 is 5.73 Å². The normalized spacial score (nSPS) is 13.1. The molecule has 0 radical (unpaired) electrons. The standard InChI is InChI=1S/C28H18.C15H15N.CH3N/c1-17-12-15-21-20-8-2-3-9-22(20)28(25(21)16-17)23-10-4-6-18-13-14-19-7-5-11-24(28)27(19)26(18)23;16-15(14-9-5-2-6-10-14)12-11-13-7-3-1-4-8-13;1-2/h2-16H,1H3;1-10,12H,11,16H2;2H,1H2/b;15-12-;. The van der Waals surface area contributed by atoms with Crippen LogP contribution in [0.15, 0.2) is 158 Å². The van der Waals surface area contributed by atoms with Gasteiger partial charge in [0.15, 0.2) is 0 Å². The van der Waals surface area contributed by atoms with Crippen molar-refractivity contribution in [3.63, 3.8) is 0 Å². The van der Waals surface area contributed by atoms with Gasteiger partial charge >= 0.3 is 0 Å². The van der Waals surface area contributed by atoms with Crippen molar-refractivity contribution >= 4 is 34.0 Å². The van der Waals surface area contributed by atoms with E-state index in [1.165, 1.54) is 66.1 Å². The van der Waals surface area contributed by atoms with Crippen LogP contribution in [0.2, 0.25) is 0 Å². The Labute approximate surface area is 271 Å². The molecule has 2 nitrogen and oxygen atoms in total. The third-order valence-corrected chi connectivity index (χ3v) is 9.40. The van der Waals surface area contributed by atoms with Crippen molar-refractivity contribution in [3.8, 4) is 11.1 Å². The first kappa shape index (κ1) is 29.0. The number of hydrogen-bond donors (Lipinski definition) is 2. The molecule has 0 aliphatic heterocycles. The van der Waals surface area contributed by atoms with Crippen molar-refractivity contribution in [2.45, 2.75) is 18.8 Å². The first-order valence-corrected chi connectivity index (χ1v) is 15.7. The molecular weight excluding hydrogens is 556 g/mol. The molecule has 7 aromatic rings. The van der Waals surface area contributed by atoms with Gasteiger partial charge in [-0.1, -0.05) is 163 Å². The average Bonchev–Trinajstić information content (AvgIpc) is 3.59. The number of allylic oxidation sites excluding steroid dienone is 1. The van der Waals surface area contributed by atoms with Crippen LogP contribution in [0.1, 0.15) is 38.9 Å². The fraction of sp³-hybridized carbons (Fsp3) is 0.0682. The van der Waals surface area contributed by atoms with Gasteiger partial charge in [-0.05, 0) is 86.1 Å². The molecule has 0 fully saturated rings. The molecule has 2 aliphatic carbocycles. The van der Waals surface area contributed by atoms with Crippen molar-refractivity contribution < 1.29 is 0 Å². The second kappa shape index (κ2) is 12.0. The van der Waals surface area contributed by atoms with E-state index in [9.17, 15) is 0 Å². The highest BCUT2D eigenvalue weighted by molar-refractivity contribution is 6.17. The highest BCUT2D eigenvalue weighted by Gasteiger charge is 2.50. The number of fused-ring (bicyclic) bond motifs is 7. The van der Waals surface area contributed by atoms with Crippen molar-refractivity contribution in [1.82, 2.24) is 0 Å². The number of nitrogens with two attached hydrogens (primary N) is 1. The summed E-state index contributed by atoms with van der Waals surface area (Å²) in [6.45, 7) is 4.71. The Hall–Kier alpha value is -5.73. The first-order chi connectivity index (χ1) is 22.7. The summed E-state index contributed by atoms with van der Waals surface area (Å²) in [5.41, 5.74) is 18.8. The van der Waals surface area contributed by atoms with E-state index >= 15 is 0 Å². The topological polar surface area (TPSA) is 49.9 Å². The number of benzene rings is 7. The number of hydrogen-bond acceptors (Lipinski definition) is 2. The minimum Gasteiger partial charge on any atom is -0.398 e. The second-order valence-electron chi connectivity index (χ2n) is 11.9. The summed E-state index contributed by atoms with van der Waals surface area (Å²) in [6.07, 6.45) is 2.94. The molecule has 0 unspecified atom stereocenters. The van der Waals surface area contributed by atoms with E-state index in [0.29, 0.717) is 0 Å². The van der Waals surface area contributed by atoms with Crippen LogP contribution in [0, 0.1) is 12.3 Å². The third-order valence-electron chi connectivity index (χ3n) is 9.40. The van der Waals surface area contributed by atoms with Crippen LogP contribution in [0.25, 0.3) is 38.4 Å². The van der Waals surface area contributed by atoms with Crippen LogP contribution in [-0.4, -0.2) is 6.72 Å². The molecule has 222 valence electrons. The lowest BCUT2D eigenvalue weighted by Crippen LogP contribution is -2.26. The minimum absolute atomic E-state index is 0.208. The summed E-state index contributed by atoms with van der Waals surface area (Å²) < 4.78 is 0. The molecule has 9 rings (SSSR count). The van der Waals surface area contributed by atoms with E-state index in [1.807, 2.05) is 48.5 Å². The van der Waals surface area contributed by atoms with Gasteiger partial charge in [0.25, 0.3) is 0 Å². The Morgan fingerprint density at radius 3 is 1.78 bits per heavy atom. The smallest absolute Gasteiger partial charge is 0.0726 e.